The SMILES string of the molecule is Cl.O=C(O)Cc1cc(Cl)ccc1Cl. The Labute approximate surface area is 91.9 Å². The van der Waals surface area contributed by atoms with Gasteiger partial charge in [0.25, 0.3) is 0 Å². The molecule has 5 heteroatoms. The molecule has 0 saturated carbocycles. The van der Waals surface area contributed by atoms with Crippen molar-refractivity contribution < 1.29 is 9.90 Å². The van der Waals surface area contributed by atoms with Crippen LogP contribution >= 0.6 is 35.6 Å². The van der Waals surface area contributed by atoms with E-state index in [1.165, 1.54) is 0 Å². The van der Waals surface area contributed by atoms with Gasteiger partial charge in [0, 0.05) is 10.0 Å². The third-order valence-electron chi connectivity index (χ3n) is 1.35. The smallest absolute Gasteiger partial charge is 0.307 e. The fraction of sp³-hybridized carbons (Fsp3) is 0.125. The first-order chi connectivity index (χ1) is 5.59. The Bertz CT molecular complexity index is 312. The van der Waals surface area contributed by atoms with Crippen LogP contribution < -0.4 is 0 Å². The molecular formula is C8H7Cl3O2. The summed E-state index contributed by atoms with van der Waals surface area (Å²) in [5, 5.41) is 9.41. The van der Waals surface area contributed by atoms with Crippen LogP contribution in [0.25, 0.3) is 0 Å². The zero-order valence-corrected chi connectivity index (χ0v) is 8.79. The maximum absolute atomic E-state index is 10.3. The van der Waals surface area contributed by atoms with Crippen LogP contribution in [0.15, 0.2) is 18.2 Å². The molecule has 1 rings (SSSR count). The predicted octanol–water partition coefficient (Wildman–Crippen LogP) is 3.04. The second kappa shape index (κ2) is 5.32. The molecule has 0 spiro atoms. The fourth-order valence-electron chi connectivity index (χ4n) is 0.842. The number of aliphatic carboxylic acids is 1. The number of carbonyl (C=O) groups is 1. The van der Waals surface area contributed by atoms with Gasteiger partial charge in [-0.15, -0.1) is 12.4 Å². The van der Waals surface area contributed by atoms with E-state index in [0.29, 0.717) is 15.6 Å². The van der Waals surface area contributed by atoms with Crippen LogP contribution in [-0.4, -0.2) is 11.1 Å². The van der Waals surface area contributed by atoms with Crippen molar-refractivity contribution in [1.29, 1.82) is 0 Å². The lowest BCUT2D eigenvalue weighted by Gasteiger charge is -2.00. The number of benzene rings is 1. The monoisotopic (exact) mass is 240 g/mol. The summed E-state index contributed by atoms with van der Waals surface area (Å²) in [5.41, 5.74) is 0.539. The van der Waals surface area contributed by atoms with Crippen molar-refractivity contribution in [2.45, 2.75) is 6.42 Å². The molecule has 1 N–H and O–H groups in total. The lowest BCUT2D eigenvalue weighted by molar-refractivity contribution is -0.136. The highest BCUT2D eigenvalue weighted by Crippen LogP contribution is 2.20. The summed E-state index contributed by atoms with van der Waals surface area (Å²) in [7, 11) is 0. The van der Waals surface area contributed by atoms with Gasteiger partial charge in [-0.1, -0.05) is 23.2 Å². The molecule has 0 atom stereocenters. The predicted molar refractivity (Wildman–Crippen MR) is 55.0 cm³/mol. The molecule has 0 aliphatic carbocycles. The maximum Gasteiger partial charge on any atom is 0.307 e. The Morgan fingerprint density at radius 3 is 2.54 bits per heavy atom. The zero-order chi connectivity index (χ0) is 9.14. The largest absolute Gasteiger partial charge is 0.481 e. The quantitative estimate of drug-likeness (QED) is 0.864. The standard InChI is InChI=1S/C8H6Cl2O2.ClH/c9-6-1-2-7(10)5(3-6)4-8(11)12;/h1-3H,4H2,(H,11,12);1H. The lowest BCUT2D eigenvalue weighted by Crippen LogP contribution is -2.00. The van der Waals surface area contributed by atoms with Crippen molar-refractivity contribution in [3.63, 3.8) is 0 Å². The topological polar surface area (TPSA) is 37.3 Å². The molecule has 72 valence electrons. The molecule has 0 amide bonds. The van der Waals surface area contributed by atoms with Crippen molar-refractivity contribution in [2.24, 2.45) is 0 Å². The van der Waals surface area contributed by atoms with Gasteiger partial charge in [-0.25, -0.2) is 0 Å². The number of hydrogen-bond acceptors (Lipinski definition) is 1. The molecule has 0 heterocycles. The number of carboxylic acid groups (broad SMARTS) is 1. The molecular weight excluding hydrogens is 234 g/mol. The molecule has 0 unspecified atom stereocenters. The van der Waals surface area contributed by atoms with Crippen molar-refractivity contribution in [1.82, 2.24) is 0 Å². The third kappa shape index (κ3) is 3.85. The summed E-state index contributed by atoms with van der Waals surface area (Å²) >= 11 is 11.4. The molecule has 1 aromatic rings. The third-order valence-corrected chi connectivity index (χ3v) is 1.95. The Hall–Kier alpha value is -0.440. The summed E-state index contributed by atoms with van der Waals surface area (Å²) in [4.78, 5) is 10.3. The highest BCUT2D eigenvalue weighted by molar-refractivity contribution is 6.33. The summed E-state index contributed by atoms with van der Waals surface area (Å²) in [6, 6.07) is 4.76. The van der Waals surface area contributed by atoms with E-state index in [1.54, 1.807) is 18.2 Å². The first kappa shape index (κ1) is 12.6. The Morgan fingerprint density at radius 1 is 1.38 bits per heavy atom. The highest BCUT2D eigenvalue weighted by atomic mass is 35.5. The maximum atomic E-state index is 10.3. The summed E-state index contributed by atoms with van der Waals surface area (Å²) in [6.07, 6.45) is -0.0978. The van der Waals surface area contributed by atoms with E-state index in [1.807, 2.05) is 0 Å². The van der Waals surface area contributed by atoms with Crippen LogP contribution in [0.4, 0.5) is 0 Å². The van der Waals surface area contributed by atoms with Crippen LogP contribution in [0.5, 0.6) is 0 Å². The zero-order valence-electron chi connectivity index (χ0n) is 6.46. The molecule has 0 aliphatic rings. The van der Waals surface area contributed by atoms with Crippen LogP contribution in [0.2, 0.25) is 10.0 Å². The van der Waals surface area contributed by atoms with Gasteiger partial charge >= 0.3 is 5.97 Å². The molecule has 0 fully saturated rings. The number of halogens is 3. The van der Waals surface area contributed by atoms with Gasteiger partial charge in [0.1, 0.15) is 0 Å². The number of rotatable bonds is 2. The fourth-order valence-corrected chi connectivity index (χ4v) is 1.22. The van der Waals surface area contributed by atoms with E-state index in [0.717, 1.165) is 0 Å². The van der Waals surface area contributed by atoms with Crippen LogP contribution in [0.1, 0.15) is 5.56 Å². The minimum atomic E-state index is -0.917. The van der Waals surface area contributed by atoms with Gasteiger partial charge in [-0.2, -0.15) is 0 Å². The molecule has 0 aliphatic heterocycles. The van der Waals surface area contributed by atoms with E-state index in [-0.39, 0.29) is 18.8 Å². The van der Waals surface area contributed by atoms with Crippen molar-refractivity contribution >= 4 is 41.6 Å². The average molecular weight is 242 g/mol. The van der Waals surface area contributed by atoms with E-state index < -0.39 is 5.97 Å². The molecule has 13 heavy (non-hydrogen) atoms. The second-order valence-corrected chi connectivity index (χ2v) is 3.15. The van der Waals surface area contributed by atoms with E-state index >= 15 is 0 Å². The summed E-state index contributed by atoms with van der Waals surface area (Å²) < 4.78 is 0. The van der Waals surface area contributed by atoms with Gasteiger partial charge < -0.3 is 5.11 Å². The van der Waals surface area contributed by atoms with Crippen LogP contribution in [-0.2, 0) is 11.2 Å². The minimum absolute atomic E-state index is 0. The van der Waals surface area contributed by atoms with Gasteiger partial charge in [0.15, 0.2) is 0 Å². The first-order valence-corrected chi connectivity index (χ1v) is 4.01. The Balaban J connectivity index is 0.00000144. The van der Waals surface area contributed by atoms with Gasteiger partial charge in [0.2, 0.25) is 0 Å². The van der Waals surface area contributed by atoms with E-state index in [4.69, 9.17) is 28.3 Å². The highest BCUT2D eigenvalue weighted by Gasteiger charge is 2.05. The minimum Gasteiger partial charge on any atom is -0.481 e. The lowest BCUT2D eigenvalue weighted by atomic mass is 10.1. The first-order valence-electron chi connectivity index (χ1n) is 3.25. The average Bonchev–Trinajstić information content (AvgIpc) is 1.96. The van der Waals surface area contributed by atoms with Gasteiger partial charge in [-0.3, -0.25) is 4.79 Å². The number of hydrogen-bond donors (Lipinski definition) is 1. The molecule has 1 aromatic carbocycles. The second-order valence-electron chi connectivity index (χ2n) is 2.31. The van der Waals surface area contributed by atoms with Gasteiger partial charge in [-0.05, 0) is 23.8 Å². The van der Waals surface area contributed by atoms with Gasteiger partial charge in [0.05, 0.1) is 6.42 Å². The summed E-state index contributed by atoms with van der Waals surface area (Å²) in [6.45, 7) is 0. The molecule has 2 nitrogen and oxygen atoms in total. The number of carboxylic acids is 1. The molecule has 0 saturated heterocycles. The van der Waals surface area contributed by atoms with Crippen molar-refractivity contribution in [3.05, 3.63) is 33.8 Å². The molecule has 0 radical (unpaired) electrons. The molecule has 0 aromatic heterocycles. The normalized spacial score (nSPS) is 9.08. The Morgan fingerprint density at radius 2 is 2.00 bits per heavy atom. The van der Waals surface area contributed by atoms with E-state index in [2.05, 4.69) is 0 Å². The van der Waals surface area contributed by atoms with Crippen molar-refractivity contribution in [2.75, 3.05) is 0 Å². The summed E-state index contributed by atoms with van der Waals surface area (Å²) in [5.74, 6) is -0.917. The van der Waals surface area contributed by atoms with Crippen LogP contribution in [0.3, 0.4) is 0 Å². The van der Waals surface area contributed by atoms with Crippen molar-refractivity contribution in [3.8, 4) is 0 Å². The molecule has 0 bridgehead atoms. The van der Waals surface area contributed by atoms with Crippen LogP contribution in [0, 0.1) is 0 Å². The van der Waals surface area contributed by atoms with E-state index in [9.17, 15) is 4.79 Å². The Kier molecular flexibility index (Phi) is 5.14.